The maximum absolute atomic E-state index is 13.0. The summed E-state index contributed by atoms with van der Waals surface area (Å²) in [5, 5.41) is 0. The van der Waals surface area contributed by atoms with E-state index < -0.39 is 0 Å². The Bertz CT molecular complexity index is 989. The molecule has 2 fully saturated rings. The molecule has 34 heavy (non-hydrogen) atoms. The standard InChI is InChI=1S/C29H40N4O/c1-30(2)28-10-6-7-23(20-28)24-11-12-26-21-31(14-13-25(26)19-24)22-29(34)33-17-15-32(16-18-33)27-8-4-3-5-9-27/h6-7,10-12,19-20,27H,3-5,8-9,13-18,21-22H2,1-2H3. The first-order valence-electron chi connectivity index (χ1n) is 13.2. The molecule has 1 amide bonds. The number of amides is 1. The molecule has 1 saturated carbocycles. The largest absolute Gasteiger partial charge is 0.378 e. The van der Waals surface area contributed by atoms with E-state index in [9.17, 15) is 4.79 Å². The van der Waals surface area contributed by atoms with Gasteiger partial charge in [0.2, 0.25) is 5.91 Å². The van der Waals surface area contributed by atoms with E-state index in [0.717, 1.165) is 51.7 Å². The fourth-order valence-electron chi connectivity index (χ4n) is 5.96. The average molecular weight is 461 g/mol. The summed E-state index contributed by atoms with van der Waals surface area (Å²) in [5.41, 5.74) is 6.56. The summed E-state index contributed by atoms with van der Waals surface area (Å²) >= 11 is 0. The van der Waals surface area contributed by atoms with Crippen LogP contribution in [0.1, 0.15) is 43.2 Å². The molecule has 0 spiro atoms. The molecule has 5 nitrogen and oxygen atoms in total. The van der Waals surface area contributed by atoms with Crippen LogP contribution in [-0.2, 0) is 17.8 Å². The molecule has 1 saturated heterocycles. The highest BCUT2D eigenvalue weighted by Gasteiger charge is 2.28. The Balaban J connectivity index is 1.15. The summed E-state index contributed by atoms with van der Waals surface area (Å²) < 4.78 is 0. The van der Waals surface area contributed by atoms with Gasteiger partial charge in [-0.05, 0) is 53.6 Å². The number of carbonyl (C=O) groups excluding carboxylic acids is 1. The molecule has 1 aliphatic carbocycles. The van der Waals surface area contributed by atoms with Gasteiger partial charge < -0.3 is 9.80 Å². The van der Waals surface area contributed by atoms with Crippen LogP contribution in [0.2, 0.25) is 0 Å². The van der Waals surface area contributed by atoms with Gasteiger partial charge in [0.25, 0.3) is 0 Å². The quantitative estimate of drug-likeness (QED) is 0.667. The van der Waals surface area contributed by atoms with Crippen molar-refractivity contribution in [1.82, 2.24) is 14.7 Å². The first-order chi connectivity index (χ1) is 16.6. The normalized spacial score (nSPS) is 20.2. The molecule has 5 heteroatoms. The summed E-state index contributed by atoms with van der Waals surface area (Å²) in [6, 6.07) is 16.3. The summed E-state index contributed by atoms with van der Waals surface area (Å²) in [7, 11) is 4.16. The molecule has 2 aliphatic heterocycles. The molecular weight excluding hydrogens is 420 g/mol. The minimum Gasteiger partial charge on any atom is -0.378 e. The van der Waals surface area contributed by atoms with E-state index in [2.05, 4.69) is 76.2 Å². The molecule has 3 aliphatic rings. The number of rotatable bonds is 5. The van der Waals surface area contributed by atoms with Gasteiger partial charge in [0.1, 0.15) is 0 Å². The van der Waals surface area contributed by atoms with Crippen LogP contribution in [0.5, 0.6) is 0 Å². The molecular formula is C29H40N4O. The number of benzene rings is 2. The first-order valence-corrected chi connectivity index (χ1v) is 13.2. The maximum atomic E-state index is 13.0. The fraction of sp³-hybridized carbons (Fsp3) is 0.552. The van der Waals surface area contributed by atoms with Gasteiger partial charge in [-0.25, -0.2) is 0 Å². The van der Waals surface area contributed by atoms with Crippen molar-refractivity contribution < 1.29 is 4.79 Å². The predicted octanol–water partition coefficient (Wildman–Crippen LogP) is 4.25. The van der Waals surface area contributed by atoms with E-state index in [4.69, 9.17) is 0 Å². The van der Waals surface area contributed by atoms with Gasteiger partial charge >= 0.3 is 0 Å². The zero-order chi connectivity index (χ0) is 23.5. The second kappa shape index (κ2) is 10.5. The van der Waals surface area contributed by atoms with Crippen LogP contribution in [0.15, 0.2) is 42.5 Å². The molecule has 0 aromatic heterocycles. The molecule has 0 bridgehead atoms. The van der Waals surface area contributed by atoms with Crippen LogP contribution in [0.25, 0.3) is 11.1 Å². The zero-order valence-electron chi connectivity index (χ0n) is 21.0. The molecule has 2 aromatic rings. The van der Waals surface area contributed by atoms with E-state index in [1.165, 1.54) is 60.0 Å². The van der Waals surface area contributed by atoms with Crippen LogP contribution >= 0.6 is 0 Å². The monoisotopic (exact) mass is 460 g/mol. The lowest BCUT2D eigenvalue weighted by atomic mass is 9.94. The number of piperazine rings is 1. The lowest BCUT2D eigenvalue weighted by molar-refractivity contribution is -0.134. The molecule has 2 heterocycles. The lowest BCUT2D eigenvalue weighted by Gasteiger charge is -2.41. The van der Waals surface area contributed by atoms with Crippen molar-refractivity contribution in [3.05, 3.63) is 53.6 Å². The third kappa shape index (κ3) is 5.31. The lowest BCUT2D eigenvalue weighted by Crippen LogP contribution is -2.54. The minimum absolute atomic E-state index is 0.309. The topological polar surface area (TPSA) is 30.0 Å². The van der Waals surface area contributed by atoms with Crippen molar-refractivity contribution in [2.24, 2.45) is 0 Å². The summed E-state index contributed by atoms with van der Waals surface area (Å²) in [6.07, 6.45) is 7.88. The Morgan fingerprint density at radius 2 is 1.65 bits per heavy atom. The SMILES string of the molecule is CN(C)c1cccc(-c2ccc3c(c2)CCN(CC(=O)N2CCN(C4CCCCC4)CC2)C3)c1. The van der Waals surface area contributed by atoms with Crippen LogP contribution in [0.3, 0.4) is 0 Å². The Morgan fingerprint density at radius 3 is 2.41 bits per heavy atom. The highest BCUT2D eigenvalue weighted by atomic mass is 16.2. The Hall–Kier alpha value is -2.37. The fourth-order valence-corrected chi connectivity index (χ4v) is 5.96. The maximum Gasteiger partial charge on any atom is 0.236 e. The van der Waals surface area contributed by atoms with Gasteiger partial charge in [-0.15, -0.1) is 0 Å². The molecule has 0 radical (unpaired) electrons. The highest BCUT2D eigenvalue weighted by molar-refractivity contribution is 5.78. The van der Waals surface area contributed by atoms with Crippen molar-refractivity contribution in [1.29, 1.82) is 0 Å². The number of nitrogens with zero attached hydrogens (tertiary/aromatic N) is 4. The average Bonchev–Trinajstić information content (AvgIpc) is 2.89. The van der Waals surface area contributed by atoms with Crippen LogP contribution in [-0.4, -0.2) is 80.0 Å². The van der Waals surface area contributed by atoms with Gasteiger partial charge in [-0.2, -0.15) is 0 Å². The number of hydrogen-bond donors (Lipinski definition) is 0. The Morgan fingerprint density at radius 1 is 0.882 bits per heavy atom. The van der Waals surface area contributed by atoms with Gasteiger partial charge in [0.15, 0.2) is 0 Å². The van der Waals surface area contributed by atoms with Crippen LogP contribution < -0.4 is 4.90 Å². The second-order valence-electron chi connectivity index (χ2n) is 10.6. The number of carbonyl (C=O) groups is 1. The molecule has 0 atom stereocenters. The third-order valence-electron chi connectivity index (χ3n) is 8.11. The predicted molar refractivity (Wildman–Crippen MR) is 140 cm³/mol. The van der Waals surface area contributed by atoms with Gasteiger partial charge in [0.05, 0.1) is 6.54 Å². The van der Waals surface area contributed by atoms with Crippen molar-refractivity contribution in [3.63, 3.8) is 0 Å². The minimum atomic E-state index is 0.309. The van der Waals surface area contributed by atoms with Gasteiger partial charge in [0, 0.05) is 65.1 Å². The van der Waals surface area contributed by atoms with Crippen LogP contribution in [0, 0.1) is 0 Å². The molecule has 0 N–H and O–H groups in total. The number of hydrogen-bond acceptors (Lipinski definition) is 4. The molecule has 0 unspecified atom stereocenters. The van der Waals surface area contributed by atoms with Crippen molar-refractivity contribution in [2.75, 3.05) is 58.3 Å². The smallest absolute Gasteiger partial charge is 0.236 e. The second-order valence-corrected chi connectivity index (χ2v) is 10.6. The summed E-state index contributed by atoms with van der Waals surface area (Å²) in [5.74, 6) is 0.309. The van der Waals surface area contributed by atoms with Gasteiger partial charge in [-0.3, -0.25) is 14.6 Å². The van der Waals surface area contributed by atoms with E-state index in [0.29, 0.717) is 12.5 Å². The Kier molecular flexibility index (Phi) is 7.21. The summed E-state index contributed by atoms with van der Waals surface area (Å²) in [4.78, 5) is 22.3. The van der Waals surface area contributed by atoms with E-state index in [1.807, 2.05) is 0 Å². The van der Waals surface area contributed by atoms with Gasteiger partial charge in [-0.1, -0.05) is 49.6 Å². The molecule has 5 rings (SSSR count). The first kappa shape index (κ1) is 23.4. The Labute approximate surface area is 205 Å². The van der Waals surface area contributed by atoms with E-state index in [-0.39, 0.29) is 0 Å². The van der Waals surface area contributed by atoms with Crippen molar-refractivity contribution in [3.8, 4) is 11.1 Å². The third-order valence-corrected chi connectivity index (χ3v) is 8.11. The number of anilines is 1. The highest BCUT2D eigenvalue weighted by Crippen LogP contribution is 2.29. The van der Waals surface area contributed by atoms with E-state index in [1.54, 1.807) is 0 Å². The van der Waals surface area contributed by atoms with Crippen molar-refractivity contribution >= 4 is 11.6 Å². The zero-order valence-corrected chi connectivity index (χ0v) is 21.0. The molecule has 2 aromatic carbocycles. The van der Waals surface area contributed by atoms with Crippen molar-refractivity contribution in [2.45, 2.75) is 51.1 Å². The van der Waals surface area contributed by atoms with E-state index >= 15 is 0 Å². The molecule has 182 valence electrons. The number of fused-ring (bicyclic) bond motifs is 1. The summed E-state index contributed by atoms with van der Waals surface area (Å²) in [6.45, 7) is 6.29. The van der Waals surface area contributed by atoms with Crippen LogP contribution in [0.4, 0.5) is 5.69 Å².